The summed E-state index contributed by atoms with van der Waals surface area (Å²) in [7, 11) is -3.71. The molecule has 0 fully saturated rings. The maximum absolute atomic E-state index is 13.7. The van der Waals surface area contributed by atoms with Crippen LogP contribution in [-0.4, -0.2) is 49.3 Å². The van der Waals surface area contributed by atoms with E-state index >= 15 is 0 Å². The third-order valence-electron chi connectivity index (χ3n) is 8.65. The Bertz CT molecular complexity index is 1950. The van der Waals surface area contributed by atoms with Crippen LogP contribution in [-0.2, 0) is 31.4 Å². The minimum Gasteiger partial charge on any atom is -0.452 e. The molecule has 0 bridgehead atoms. The first-order valence-electron chi connectivity index (χ1n) is 16.1. The largest absolute Gasteiger partial charge is 0.452 e. The predicted octanol–water partition coefficient (Wildman–Crippen LogP) is 7.54. The SMILES string of the molecule is CCN(CC)S(=O)(=O)c1ccc(C)c(NC(=O)COC(=O)c2c3c(nc4ccccc24)/C(=C/c2ccc(C(C)(C)C)cc2)CCC3)c1. The molecular formula is C38H43N3O5S. The van der Waals surface area contributed by atoms with Gasteiger partial charge in [0.25, 0.3) is 5.91 Å². The van der Waals surface area contributed by atoms with E-state index in [0.717, 1.165) is 35.2 Å². The molecule has 1 aliphatic rings. The van der Waals surface area contributed by atoms with Crippen molar-refractivity contribution in [1.29, 1.82) is 0 Å². The Morgan fingerprint density at radius 1 is 0.979 bits per heavy atom. The van der Waals surface area contributed by atoms with Gasteiger partial charge in [-0.25, -0.2) is 18.2 Å². The molecule has 1 amide bonds. The van der Waals surface area contributed by atoms with E-state index in [0.29, 0.717) is 47.2 Å². The first kappa shape index (κ1) is 34.0. The minimum absolute atomic E-state index is 0.0600. The molecule has 0 radical (unpaired) electrons. The van der Waals surface area contributed by atoms with E-state index in [1.54, 1.807) is 26.8 Å². The van der Waals surface area contributed by atoms with E-state index in [9.17, 15) is 18.0 Å². The van der Waals surface area contributed by atoms with Crippen LogP contribution in [0.2, 0.25) is 0 Å². The molecule has 0 atom stereocenters. The van der Waals surface area contributed by atoms with Gasteiger partial charge in [-0.15, -0.1) is 0 Å². The highest BCUT2D eigenvalue weighted by Gasteiger charge is 2.27. The smallest absolute Gasteiger partial charge is 0.339 e. The fourth-order valence-corrected chi connectivity index (χ4v) is 7.47. The number of hydrogen-bond donors (Lipinski definition) is 1. The Labute approximate surface area is 277 Å². The van der Waals surface area contributed by atoms with E-state index in [-0.39, 0.29) is 10.3 Å². The van der Waals surface area contributed by atoms with Gasteiger partial charge >= 0.3 is 5.97 Å². The van der Waals surface area contributed by atoms with Gasteiger partial charge in [0, 0.05) is 24.2 Å². The Hall–Kier alpha value is -4.34. The van der Waals surface area contributed by atoms with E-state index < -0.39 is 28.5 Å². The minimum atomic E-state index is -3.71. The lowest BCUT2D eigenvalue weighted by atomic mass is 9.85. The number of ether oxygens (including phenoxy) is 1. The average molecular weight is 654 g/mol. The number of carbonyl (C=O) groups excluding carboxylic acids is 2. The molecular weight excluding hydrogens is 611 g/mol. The fraction of sp³-hybridized carbons (Fsp3) is 0.342. The van der Waals surface area contributed by atoms with E-state index in [4.69, 9.17) is 9.72 Å². The number of pyridine rings is 1. The van der Waals surface area contributed by atoms with Gasteiger partial charge in [0.2, 0.25) is 10.0 Å². The second kappa shape index (κ2) is 13.8. The van der Waals surface area contributed by atoms with Crippen LogP contribution in [0.3, 0.4) is 0 Å². The van der Waals surface area contributed by atoms with Crippen LogP contribution in [0.1, 0.15) is 85.8 Å². The maximum Gasteiger partial charge on any atom is 0.339 e. The van der Waals surface area contributed by atoms with Crippen molar-refractivity contribution >= 4 is 50.1 Å². The lowest BCUT2D eigenvalue weighted by Gasteiger charge is -2.23. The maximum atomic E-state index is 13.7. The summed E-state index contributed by atoms with van der Waals surface area (Å²) >= 11 is 0. The molecule has 246 valence electrons. The van der Waals surface area contributed by atoms with Gasteiger partial charge in [-0.1, -0.05) is 83.1 Å². The van der Waals surface area contributed by atoms with Crippen LogP contribution in [0.15, 0.2) is 71.6 Å². The fourth-order valence-electron chi connectivity index (χ4n) is 5.99. The van der Waals surface area contributed by atoms with Gasteiger partial charge in [0.05, 0.1) is 21.7 Å². The van der Waals surface area contributed by atoms with Crippen molar-refractivity contribution < 1.29 is 22.7 Å². The van der Waals surface area contributed by atoms with Gasteiger partial charge in [0.1, 0.15) is 0 Å². The number of carbonyl (C=O) groups is 2. The summed E-state index contributed by atoms with van der Waals surface area (Å²) in [5, 5.41) is 3.41. The quantitative estimate of drug-likeness (QED) is 0.187. The second-order valence-corrected chi connectivity index (χ2v) is 14.9. The van der Waals surface area contributed by atoms with Crippen LogP contribution >= 0.6 is 0 Å². The summed E-state index contributed by atoms with van der Waals surface area (Å²) < 4.78 is 33.1. The van der Waals surface area contributed by atoms with E-state index in [1.807, 2.05) is 24.3 Å². The summed E-state index contributed by atoms with van der Waals surface area (Å²) in [6.07, 6.45) is 4.49. The molecule has 1 N–H and O–H groups in total. The summed E-state index contributed by atoms with van der Waals surface area (Å²) in [6, 6.07) is 20.6. The molecule has 4 aromatic rings. The number of para-hydroxylation sites is 1. The number of hydrogen-bond acceptors (Lipinski definition) is 6. The number of rotatable bonds is 9. The molecule has 0 saturated heterocycles. The normalized spacial score (nSPS) is 14.3. The molecule has 9 heteroatoms. The van der Waals surface area contributed by atoms with Crippen molar-refractivity contribution in [2.75, 3.05) is 25.0 Å². The highest BCUT2D eigenvalue weighted by atomic mass is 32.2. The number of anilines is 1. The Morgan fingerprint density at radius 3 is 2.36 bits per heavy atom. The number of aryl methyl sites for hydroxylation is 1. The van der Waals surface area contributed by atoms with Crippen LogP contribution < -0.4 is 5.32 Å². The summed E-state index contributed by atoms with van der Waals surface area (Å²) in [6.45, 7) is 12.0. The molecule has 8 nitrogen and oxygen atoms in total. The number of allylic oxidation sites excluding steroid dienone is 1. The first-order chi connectivity index (χ1) is 22.3. The Morgan fingerprint density at radius 2 is 1.68 bits per heavy atom. The molecule has 3 aromatic carbocycles. The van der Waals surface area contributed by atoms with Gasteiger partial charge < -0.3 is 10.1 Å². The molecule has 0 aliphatic heterocycles. The van der Waals surface area contributed by atoms with Crippen molar-refractivity contribution in [3.8, 4) is 0 Å². The molecule has 47 heavy (non-hydrogen) atoms. The van der Waals surface area contributed by atoms with Crippen LogP contribution in [0.25, 0.3) is 22.6 Å². The third-order valence-corrected chi connectivity index (χ3v) is 10.7. The highest BCUT2D eigenvalue weighted by molar-refractivity contribution is 7.89. The van der Waals surface area contributed by atoms with Gasteiger partial charge in [-0.05, 0) is 83.7 Å². The monoisotopic (exact) mass is 653 g/mol. The number of amides is 1. The lowest BCUT2D eigenvalue weighted by Crippen LogP contribution is -2.30. The number of aromatic nitrogens is 1. The summed E-state index contributed by atoms with van der Waals surface area (Å²) in [5.74, 6) is -1.16. The number of sulfonamides is 1. The second-order valence-electron chi connectivity index (χ2n) is 12.9. The zero-order chi connectivity index (χ0) is 33.9. The van der Waals surface area contributed by atoms with Crippen molar-refractivity contribution in [3.63, 3.8) is 0 Å². The summed E-state index contributed by atoms with van der Waals surface area (Å²) in [4.78, 5) is 31.9. The van der Waals surface area contributed by atoms with Gasteiger partial charge in [-0.3, -0.25) is 4.79 Å². The summed E-state index contributed by atoms with van der Waals surface area (Å²) in [5.41, 5.74) is 7.19. The molecule has 0 spiro atoms. The first-order valence-corrected chi connectivity index (χ1v) is 17.6. The van der Waals surface area contributed by atoms with Crippen molar-refractivity contribution in [3.05, 3.63) is 100 Å². The molecule has 0 saturated carbocycles. The Balaban J connectivity index is 1.40. The van der Waals surface area contributed by atoms with Gasteiger partial charge in [-0.2, -0.15) is 4.31 Å². The molecule has 1 heterocycles. The predicted molar refractivity (Wildman–Crippen MR) is 188 cm³/mol. The molecule has 0 unspecified atom stereocenters. The van der Waals surface area contributed by atoms with E-state index in [2.05, 4.69) is 56.4 Å². The zero-order valence-corrected chi connectivity index (χ0v) is 28.8. The standard InChI is InChI=1S/C38H43N3O5S/c1-7-41(8-2)47(44,45)29-21-16-25(3)33(23-29)39-34(42)24-46-37(43)35-30-13-9-10-15-32(30)40-36-27(12-11-14-31(35)36)22-26-17-19-28(20-18-26)38(4,5)6/h9-10,13,15-23H,7-8,11-12,14,24H2,1-6H3,(H,39,42)/b27-22+. The van der Waals surface area contributed by atoms with Crippen LogP contribution in [0.4, 0.5) is 5.69 Å². The molecule has 1 aliphatic carbocycles. The number of fused-ring (bicyclic) bond motifs is 2. The number of nitrogens with zero attached hydrogens (tertiary/aromatic N) is 2. The van der Waals surface area contributed by atoms with Crippen molar-refractivity contribution in [1.82, 2.24) is 9.29 Å². The van der Waals surface area contributed by atoms with Crippen LogP contribution in [0, 0.1) is 6.92 Å². The average Bonchev–Trinajstić information content (AvgIpc) is 3.04. The highest BCUT2D eigenvalue weighted by Crippen LogP contribution is 2.37. The molecule has 5 rings (SSSR count). The topological polar surface area (TPSA) is 106 Å². The number of esters is 1. The van der Waals surface area contributed by atoms with Gasteiger partial charge in [0.15, 0.2) is 6.61 Å². The third kappa shape index (κ3) is 7.31. The Kier molecular flexibility index (Phi) is 9.98. The zero-order valence-electron chi connectivity index (χ0n) is 28.0. The van der Waals surface area contributed by atoms with E-state index in [1.165, 1.54) is 22.0 Å². The lowest BCUT2D eigenvalue weighted by molar-refractivity contribution is -0.119. The van der Waals surface area contributed by atoms with Crippen molar-refractivity contribution in [2.45, 2.75) is 71.1 Å². The molecule has 1 aromatic heterocycles. The number of nitrogens with one attached hydrogen (secondary N) is 1. The van der Waals surface area contributed by atoms with Crippen LogP contribution in [0.5, 0.6) is 0 Å². The number of benzene rings is 3. The van der Waals surface area contributed by atoms with Crippen molar-refractivity contribution in [2.24, 2.45) is 0 Å².